The summed E-state index contributed by atoms with van der Waals surface area (Å²) in [5.74, 6) is 0.00252. The number of aromatic hydroxyl groups is 1. The number of amides is 1. The lowest BCUT2D eigenvalue weighted by molar-refractivity contribution is -0.121. The lowest BCUT2D eigenvalue weighted by Gasteiger charge is -2.17. The van der Waals surface area contributed by atoms with Crippen LogP contribution in [0.5, 0.6) is 5.88 Å². The van der Waals surface area contributed by atoms with Crippen molar-refractivity contribution in [3.05, 3.63) is 51.4 Å². The van der Waals surface area contributed by atoms with Gasteiger partial charge in [0, 0.05) is 16.8 Å². The molecule has 176 valence electrons. The third-order valence-corrected chi connectivity index (χ3v) is 7.79. The molecule has 2 atom stereocenters. The highest BCUT2D eigenvalue weighted by molar-refractivity contribution is 7.18. The number of aryl methyl sites for hydroxylation is 2. The van der Waals surface area contributed by atoms with Crippen LogP contribution in [-0.2, 0) is 24.2 Å². The molecule has 1 amide bonds. The maximum absolute atomic E-state index is 13.3. The number of hydrogen-bond acceptors (Lipinski definition) is 6. The second kappa shape index (κ2) is 8.79. The van der Waals surface area contributed by atoms with Gasteiger partial charge in [0.15, 0.2) is 5.69 Å². The number of benzene rings is 1. The normalized spacial score (nSPS) is 17.0. The number of hydrogen-bond donors (Lipinski definition) is 1. The van der Waals surface area contributed by atoms with Crippen molar-refractivity contribution >= 4 is 44.1 Å². The maximum atomic E-state index is 13.3. The first-order valence-electron chi connectivity index (χ1n) is 11.7. The maximum Gasteiger partial charge on any atom is 0.287 e. The Kier molecular flexibility index (Phi) is 5.81. The molecule has 8 nitrogen and oxygen atoms in total. The van der Waals surface area contributed by atoms with E-state index >= 15 is 0 Å². The zero-order valence-electron chi connectivity index (χ0n) is 19.5. The van der Waals surface area contributed by atoms with E-state index in [4.69, 9.17) is 0 Å². The zero-order valence-corrected chi connectivity index (χ0v) is 20.3. The summed E-state index contributed by atoms with van der Waals surface area (Å²) in [6.07, 6.45) is 5.14. The number of thiophene rings is 1. The van der Waals surface area contributed by atoms with Crippen LogP contribution in [0.15, 0.2) is 45.6 Å². The Morgan fingerprint density at radius 1 is 1.35 bits per heavy atom. The molecule has 0 bridgehead atoms. The second-order valence-electron chi connectivity index (χ2n) is 9.04. The Labute approximate surface area is 200 Å². The van der Waals surface area contributed by atoms with Gasteiger partial charge in [-0.05, 0) is 50.2 Å². The molecule has 0 fully saturated rings. The highest BCUT2D eigenvalue weighted by Crippen LogP contribution is 2.39. The average Bonchev–Trinajstić information content (AvgIpc) is 3.32. The fourth-order valence-corrected chi connectivity index (χ4v) is 6.08. The molecule has 3 heterocycles. The summed E-state index contributed by atoms with van der Waals surface area (Å²) in [5, 5.41) is 20.1. The first-order valence-corrected chi connectivity index (χ1v) is 12.5. The molecular formula is C25H27N5O3S. The topological polar surface area (TPSA) is 102 Å². The predicted molar refractivity (Wildman–Crippen MR) is 133 cm³/mol. The van der Waals surface area contributed by atoms with E-state index in [0.717, 1.165) is 47.0 Å². The van der Waals surface area contributed by atoms with E-state index in [1.54, 1.807) is 22.8 Å². The number of carbonyl (C=O) groups excluding carboxylic acids is 1. The van der Waals surface area contributed by atoms with Crippen LogP contribution in [0.2, 0.25) is 0 Å². The third-order valence-electron chi connectivity index (χ3n) is 6.63. The molecule has 1 aliphatic carbocycles. The summed E-state index contributed by atoms with van der Waals surface area (Å²) in [7, 11) is 0. The van der Waals surface area contributed by atoms with Crippen molar-refractivity contribution in [3.8, 4) is 5.88 Å². The largest absolute Gasteiger partial charge is 0.493 e. The van der Waals surface area contributed by atoms with Crippen LogP contribution < -0.4 is 5.56 Å². The lowest BCUT2D eigenvalue weighted by atomic mass is 9.89. The van der Waals surface area contributed by atoms with Crippen molar-refractivity contribution in [1.82, 2.24) is 14.1 Å². The number of rotatable bonds is 5. The SMILES string of the molecule is CCCn1c(O)c(N=NC(=O)[C@H](C)n2cnc3sc4c(c3c2=O)CC[C@H](C)C4)c2ccccc21. The number of nitrogens with zero attached hydrogens (tertiary/aromatic N) is 5. The summed E-state index contributed by atoms with van der Waals surface area (Å²) >= 11 is 1.58. The van der Waals surface area contributed by atoms with Crippen LogP contribution in [0.1, 0.15) is 50.1 Å². The standard InChI is InChI=1S/C25H27N5O3S/c1-4-11-29-18-8-6-5-7-16(18)21(25(29)33)27-28-22(31)15(3)30-13-26-23-20(24(30)32)17-10-9-14(2)12-19(17)34-23/h5-8,13-15,33H,4,9-12H2,1-3H3/t14-,15-/m0/s1. The van der Waals surface area contributed by atoms with Gasteiger partial charge in [-0.2, -0.15) is 0 Å². The molecule has 1 aromatic carbocycles. The number of carbonyl (C=O) groups is 1. The fraction of sp³-hybridized carbons (Fsp3) is 0.400. The van der Waals surface area contributed by atoms with Gasteiger partial charge in [0.25, 0.3) is 11.5 Å². The minimum Gasteiger partial charge on any atom is -0.493 e. The highest BCUT2D eigenvalue weighted by Gasteiger charge is 2.25. The van der Waals surface area contributed by atoms with Crippen molar-refractivity contribution in [2.24, 2.45) is 16.1 Å². The van der Waals surface area contributed by atoms with Gasteiger partial charge >= 0.3 is 0 Å². The van der Waals surface area contributed by atoms with Crippen LogP contribution in [0, 0.1) is 5.92 Å². The van der Waals surface area contributed by atoms with Crippen molar-refractivity contribution in [1.29, 1.82) is 0 Å². The Morgan fingerprint density at radius 2 is 2.15 bits per heavy atom. The van der Waals surface area contributed by atoms with E-state index in [1.165, 1.54) is 15.8 Å². The van der Waals surface area contributed by atoms with Crippen molar-refractivity contribution in [2.75, 3.05) is 0 Å². The zero-order chi connectivity index (χ0) is 24.0. The molecule has 0 radical (unpaired) electrons. The van der Waals surface area contributed by atoms with Crippen LogP contribution >= 0.6 is 11.3 Å². The molecule has 1 aliphatic rings. The summed E-state index contributed by atoms with van der Waals surface area (Å²) in [6, 6.07) is 6.62. The van der Waals surface area contributed by atoms with Gasteiger partial charge in [0.1, 0.15) is 10.9 Å². The molecular weight excluding hydrogens is 450 g/mol. The summed E-state index contributed by atoms with van der Waals surface area (Å²) in [6.45, 7) is 6.49. The van der Waals surface area contributed by atoms with Crippen molar-refractivity contribution in [2.45, 2.75) is 59.0 Å². The van der Waals surface area contributed by atoms with E-state index < -0.39 is 11.9 Å². The summed E-state index contributed by atoms with van der Waals surface area (Å²) in [5.41, 5.74) is 1.96. The predicted octanol–water partition coefficient (Wildman–Crippen LogP) is 5.52. The quantitative estimate of drug-likeness (QED) is 0.382. The van der Waals surface area contributed by atoms with Gasteiger partial charge < -0.3 is 9.67 Å². The molecule has 9 heteroatoms. The molecule has 4 aromatic rings. The van der Waals surface area contributed by atoms with E-state index in [9.17, 15) is 14.7 Å². The third kappa shape index (κ3) is 3.64. The first-order chi connectivity index (χ1) is 16.4. The van der Waals surface area contributed by atoms with Crippen LogP contribution in [0.25, 0.3) is 21.1 Å². The van der Waals surface area contributed by atoms with Crippen LogP contribution in [0.3, 0.4) is 0 Å². The number of para-hydroxylation sites is 1. The molecule has 0 unspecified atom stereocenters. The van der Waals surface area contributed by atoms with E-state index in [2.05, 4.69) is 22.1 Å². The van der Waals surface area contributed by atoms with Gasteiger partial charge in [0.2, 0.25) is 5.88 Å². The van der Waals surface area contributed by atoms with Crippen LogP contribution in [0.4, 0.5) is 5.69 Å². The van der Waals surface area contributed by atoms with Gasteiger partial charge in [-0.1, -0.05) is 32.0 Å². The molecule has 0 saturated heterocycles. The second-order valence-corrected chi connectivity index (χ2v) is 10.1. The Bertz CT molecular complexity index is 1500. The molecule has 3 aromatic heterocycles. The first kappa shape index (κ1) is 22.5. The summed E-state index contributed by atoms with van der Waals surface area (Å²) < 4.78 is 3.11. The molecule has 5 rings (SSSR count). The number of aromatic nitrogens is 3. The van der Waals surface area contributed by atoms with Gasteiger partial charge in [-0.3, -0.25) is 14.2 Å². The highest BCUT2D eigenvalue weighted by atomic mass is 32.1. The summed E-state index contributed by atoms with van der Waals surface area (Å²) in [4.78, 5) is 32.7. The van der Waals surface area contributed by atoms with E-state index in [1.807, 2.05) is 31.2 Å². The fourth-order valence-electron chi connectivity index (χ4n) is 4.74. The Balaban J connectivity index is 1.48. The smallest absolute Gasteiger partial charge is 0.287 e. The lowest BCUT2D eigenvalue weighted by Crippen LogP contribution is -2.28. The van der Waals surface area contributed by atoms with E-state index in [0.29, 0.717) is 17.8 Å². The molecule has 34 heavy (non-hydrogen) atoms. The monoisotopic (exact) mass is 477 g/mol. The average molecular weight is 478 g/mol. The van der Waals surface area contributed by atoms with Gasteiger partial charge in [-0.25, -0.2) is 4.98 Å². The number of azo groups is 1. The van der Waals surface area contributed by atoms with E-state index in [-0.39, 0.29) is 17.1 Å². The molecule has 0 spiro atoms. The van der Waals surface area contributed by atoms with Crippen LogP contribution in [-0.4, -0.2) is 25.1 Å². The van der Waals surface area contributed by atoms with Gasteiger partial charge in [0.05, 0.1) is 17.2 Å². The molecule has 0 aliphatic heterocycles. The van der Waals surface area contributed by atoms with Crippen molar-refractivity contribution in [3.63, 3.8) is 0 Å². The minimum absolute atomic E-state index is 0.0216. The molecule has 0 saturated carbocycles. The number of fused-ring (bicyclic) bond motifs is 4. The molecule has 1 N–H and O–H groups in total. The Morgan fingerprint density at radius 3 is 2.94 bits per heavy atom. The minimum atomic E-state index is -0.864. The Hall–Kier alpha value is -3.33. The van der Waals surface area contributed by atoms with Crippen molar-refractivity contribution < 1.29 is 9.90 Å². The van der Waals surface area contributed by atoms with Gasteiger partial charge in [-0.15, -0.1) is 21.6 Å².